The minimum atomic E-state index is -0.740. The van der Waals surface area contributed by atoms with E-state index in [1.807, 2.05) is 4.57 Å². The second-order valence-electron chi connectivity index (χ2n) is 8.66. The van der Waals surface area contributed by atoms with E-state index in [4.69, 9.17) is 0 Å². The van der Waals surface area contributed by atoms with Gasteiger partial charge in [-0.3, -0.25) is 14.3 Å². The molecule has 1 amide bonds. The molecule has 2 aromatic rings. The van der Waals surface area contributed by atoms with Gasteiger partial charge in [0.2, 0.25) is 5.91 Å². The Morgan fingerprint density at radius 3 is 2.53 bits per heavy atom. The number of hydrogen-bond acceptors (Lipinski definition) is 6. The Morgan fingerprint density at radius 1 is 1.19 bits per heavy atom. The highest BCUT2D eigenvalue weighted by Crippen LogP contribution is 2.31. The quantitative estimate of drug-likeness (QED) is 0.634. The molecular weight excluding hydrogens is 427 g/mol. The Hall–Kier alpha value is -2.44. The van der Waals surface area contributed by atoms with Gasteiger partial charge in [0.1, 0.15) is 11.4 Å². The molecule has 0 spiro atoms. The number of carbonyl (C=O) groups is 1. The zero-order valence-corrected chi connectivity index (χ0v) is 19.2. The van der Waals surface area contributed by atoms with Crippen LogP contribution in [0, 0.1) is 17.1 Å². The Bertz CT molecular complexity index is 973. The minimum Gasteiger partial charge on any atom is -0.337 e. The SMILES string of the molecule is CC(c1nnc(SCC(=O)NC2(C#N)CCCC2)n1-c1ccc(F)cc1)N1CCCCC1. The lowest BCUT2D eigenvalue weighted by atomic mass is 10.0. The van der Waals surface area contributed by atoms with Crippen LogP contribution in [-0.2, 0) is 4.79 Å². The minimum absolute atomic E-state index is 0.0522. The number of piperidine rings is 1. The zero-order valence-electron chi connectivity index (χ0n) is 18.4. The largest absolute Gasteiger partial charge is 0.337 e. The van der Waals surface area contributed by atoms with Crippen LogP contribution < -0.4 is 5.32 Å². The van der Waals surface area contributed by atoms with Crippen LogP contribution in [0.4, 0.5) is 4.39 Å². The van der Waals surface area contributed by atoms with E-state index in [1.54, 1.807) is 12.1 Å². The van der Waals surface area contributed by atoms with Crippen molar-refractivity contribution in [2.45, 2.75) is 68.6 Å². The molecule has 0 radical (unpaired) electrons. The normalized spacial score (nSPS) is 19.4. The summed E-state index contributed by atoms with van der Waals surface area (Å²) in [5, 5.41) is 21.9. The van der Waals surface area contributed by atoms with Crippen molar-refractivity contribution >= 4 is 17.7 Å². The Balaban J connectivity index is 1.54. The first-order chi connectivity index (χ1) is 15.5. The number of aromatic nitrogens is 3. The fourth-order valence-electron chi connectivity index (χ4n) is 4.62. The van der Waals surface area contributed by atoms with Crippen molar-refractivity contribution in [1.82, 2.24) is 25.0 Å². The number of nitrogens with zero attached hydrogens (tertiary/aromatic N) is 5. The lowest BCUT2D eigenvalue weighted by Crippen LogP contribution is -2.45. The van der Waals surface area contributed by atoms with Gasteiger partial charge in [-0.25, -0.2) is 4.39 Å². The first-order valence-corrected chi connectivity index (χ1v) is 12.3. The van der Waals surface area contributed by atoms with E-state index in [0.717, 1.165) is 50.3 Å². The van der Waals surface area contributed by atoms with Crippen LogP contribution in [0.5, 0.6) is 0 Å². The first kappa shape index (κ1) is 22.7. The number of carbonyl (C=O) groups excluding carboxylic acids is 1. The molecule has 2 heterocycles. The molecule has 7 nitrogen and oxygen atoms in total. The van der Waals surface area contributed by atoms with E-state index in [9.17, 15) is 14.4 Å². The number of hydrogen-bond donors (Lipinski definition) is 1. The van der Waals surface area contributed by atoms with Gasteiger partial charge in [-0.2, -0.15) is 5.26 Å². The molecule has 0 bridgehead atoms. The highest BCUT2D eigenvalue weighted by atomic mass is 32.2. The smallest absolute Gasteiger partial charge is 0.231 e. The summed E-state index contributed by atoms with van der Waals surface area (Å²) in [4.78, 5) is 15.0. The third-order valence-electron chi connectivity index (χ3n) is 6.44. The predicted octanol–water partition coefficient (Wildman–Crippen LogP) is 4.00. The van der Waals surface area contributed by atoms with Crippen molar-refractivity contribution in [2.75, 3.05) is 18.8 Å². The third kappa shape index (κ3) is 4.97. The molecule has 4 rings (SSSR count). The summed E-state index contributed by atoms with van der Waals surface area (Å²) in [7, 11) is 0. The second-order valence-corrected chi connectivity index (χ2v) is 9.61. The number of nitriles is 1. The Labute approximate surface area is 192 Å². The maximum Gasteiger partial charge on any atom is 0.231 e. The zero-order chi connectivity index (χ0) is 22.6. The summed E-state index contributed by atoms with van der Waals surface area (Å²) < 4.78 is 15.5. The summed E-state index contributed by atoms with van der Waals surface area (Å²) in [6.45, 7) is 4.14. The fourth-order valence-corrected chi connectivity index (χ4v) is 5.38. The number of benzene rings is 1. The van der Waals surface area contributed by atoms with E-state index in [1.165, 1.54) is 30.3 Å². The molecule has 1 saturated heterocycles. The maximum atomic E-state index is 13.6. The van der Waals surface area contributed by atoms with Crippen molar-refractivity contribution in [3.63, 3.8) is 0 Å². The number of likely N-dealkylation sites (tertiary alicyclic amines) is 1. The monoisotopic (exact) mass is 456 g/mol. The summed E-state index contributed by atoms with van der Waals surface area (Å²) in [5.41, 5.74) is 0.0263. The van der Waals surface area contributed by atoms with Crippen LogP contribution in [0.1, 0.15) is 63.7 Å². The van der Waals surface area contributed by atoms with E-state index in [-0.39, 0.29) is 23.5 Å². The van der Waals surface area contributed by atoms with Gasteiger partial charge in [0.15, 0.2) is 11.0 Å². The molecule has 1 aromatic heterocycles. The lowest BCUT2D eigenvalue weighted by Gasteiger charge is -2.31. The molecule has 1 aromatic carbocycles. The average molecular weight is 457 g/mol. The molecule has 2 fully saturated rings. The van der Waals surface area contributed by atoms with Crippen molar-refractivity contribution in [1.29, 1.82) is 5.26 Å². The van der Waals surface area contributed by atoms with Gasteiger partial charge in [-0.05, 0) is 82.8 Å². The van der Waals surface area contributed by atoms with Crippen LogP contribution in [0.15, 0.2) is 29.4 Å². The third-order valence-corrected chi connectivity index (χ3v) is 7.37. The van der Waals surface area contributed by atoms with E-state index < -0.39 is 5.54 Å². The maximum absolute atomic E-state index is 13.6. The molecule has 1 N–H and O–H groups in total. The topological polar surface area (TPSA) is 86.8 Å². The van der Waals surface area contributed by atoms with Gasteiger partial charge in [0, 0.05) is 5.69 Å². The van der Waals surface area contributed by atoms with Gasteiger partial charge in [-0.1, -0.05) is 18.2 Å². The van der Waals surface area contributed by atoms with Gasteiger partial charge in [-0.15, -0.1) is 10.2 Å². The molecule has 1 unspecified atom stereocenters. The predicted molar refractivity (Wildman–Crippen MR) is 121 cm³/mol. The van der Waals surface area contributed by atoms with Gasteiger partial charge < -0.3 is 5.32 Å². The lowest BCUT2D eigenvalue weighted by molar-refractivity contribution is -0.119. The van der Waals surface area contributed by atoms with Crippen LogP contribution in [0.2, 0.25) is 0 Å². The molecular formula is C23H29FN6OS. The molecule has 9 heteroatoms. The molecule has 1 atom stereocenters. The average Bonchev–Trinajstić information content (AvgIpc) is 3.46. The van der Waals surface area contributed by atoms with E-state index >= 15 is 0 Å². The van der Waals surface area contributed by atoms with Crippen LogP contribution >= 0.6 is 11.8 Å². The Morgan fingerprint density at radius 2 is 1.88 bits per heavy atom. The summed E-state index contributed by atoms with van der Waals surface area (Å²) in [6, 6.07) is 8.59. The number of rotatable bonds is 7. The van der Waals surface area contributed by atoms with Crippen molar-refractivity contribution in [3.8, 4) is 11.8 Å². The second kappa shape index (κ2) is 10.0. The van der Waals surface area contributed by atoms with Crippen LogP contribution in [0.25, 0.3) is 5.69 Å². The molecule has 170 valence electrons. The number of thioether (sulfide) groups is 1. The molecule has 1 aliphatic carbocycles. The highest BCUT2D eigenvalue weighted by Gasteiger charge is 2.35. The van der Waals surface area contributed by atoms with Gasteiger partial charge >= 0.3 is 0 Å². The molecule has 1 aliphatic heterocycles. The van der Waals surface area contributed by atoms with E-state index in [2.05, 4.69) is 33.4 Å². The number of halogens is 1. The summed E-state index contributed by atoms with van der Waals surface area (Å²) in [5.74, 6) is 0.434. The standard InChI is InChI=1S/C23H29FN6OS/c1-17(29-13-5-2-6-14-29)21-27-28-22(30(21)19-9-7-18(24)8-10-19)32-15-20(31)26-23(16-25)11-3-4-12-23/h7-10,17H,2-6,11-15H2,1H3,(H,26,31). The Kier molecular flexibility index (Phi) is 7.11. The van der Waals surface area contributed by atoms with Crippen molar-refractivity contribution < 1.29 is 9.18 Å². The van der Waals surface area contributed by atoms with Crippen molar-refractivity contribution in [2.24, 2.45) is 0 Å². The van der Waals surface area contributed by atoms with Crippen LogP contribution in [0.3, 0.4) is 0 Å². The van der Waals surface area contributed by atoms with Crippen LogP contribution in [-0.4, -0.2) is 50.0 Å². The summed E-state index contributed by atoms with van der Waals surface area (Å²) in [6.07, 6.45) is 6.88. The van der Waals surface area contributed by atoms with Gasteiger partial charge in [0.25, 0.3) is 0 Å². The first-order valence-electron chi connectivity index (χ1n) is 11.3. The molecule has 2 aliphatic rings. The molecule has 32 heavy (non-hydrogen) atoms. The molecule has 1 saturated carbocycles. The van der Waals surface area contributed by atoms with E-state index in [0.29, 0.717) is 18.0 Å². The fraction of sp³-hybridized carbons (Fsp3) is 0.565. The summed E-state index contributed by atoms with van der Waals surface area (Å²) >= 11 is 1.29. The number of nitrogens with one attached hydrogen (secondary N) is 1. The van der Waals surface area contributed by atoms with Crippen molar-refractivity contribution in [3.05, 3.63) is 35.9 Å². The highest BCUT2D eigenvalue weighted by molar-refractivity contribution is 7.99. The number of amides is 1. The van der Waals surface area contributed by atoms with Gasteiger partial charge in [0.05, 0.1) is 17.9 Å².